The molecule has 0 aromatic heterocycles. The Bertz CT molecular complexity index is 263. The SMILES string of the molecule is CC(C)N1CCC(NC(=O)CNC(C)(C)C)CC1. The molecule has 0 unspecified atom stereocenters. The zero-order valence-corrected chi connectivity index (χ0v) is 12.5. The lowest BCUT2D eigenvalue weighted by molar-refractivity contribution is -0.121. The van der Waals surface area contributed by atoms with Crippen molar-refractivity contribution in [2.24, 2.45) is 0 Å². The summed E-state index contributed by atoms with van der Waals surface area (Å²) in [6.45, 7) is 13.3. The molecule has 0 atom stereocenters. The van der Waals surface area contributed by atoms with Gasteiger partial charge >= 0.3 is 0 Å². The average Bonchev–Trinajstić information content (AvgIpc) is 2.26. The highest BCUT2D eigenvalue weighted by Crippen LogP contribution is 2.12. The van der Waals surface area contributed by atoms with Crippen LogP contribution >= 0.6 is 0 Å². The maximum absolute atomic E-state index is 11.8. The van der Waals surface area contributed by atoms with Crippen LogP contribution in [0.1, 0.15) is 47.5 Å². The third-order valence-corrected chi connectivity index (χ3v) is 3.40. The van der Waals surface area contributed by atoms with Crippen LogP contribution in [0.15, 0.2) is 0 Å². The van der Waals surface area contributed by atoms with Crippen LogP contribution in [0.25, 0.3) is 0 Å². The normalized spacial score (nSPS) is 19.2. The molecule has 106 valence electrons. The van der Waals surface area contributed by atoms with Crippen molar-refractivity contribution in [3.8, 4) is 0 Å². The molecule has 0 saturated carbocycles. The van der Waals surface area contributed by atoms with Gasteiger partial charge in [-0.05, 0) is 47.5 Å². The highest BCUT2D eigenvalue weighted by molar-refractivity contribution is 5.78. The number of likely N-dealkylation sites (tertiary alicyclic amines) is 1. The molecule has 1 aliphatic rings. The van der Waals surface area contributed by atoms with E-state index in [1.54, 1.807) is 0 Å². The second-order valence-electron chi connectivity index (χ2n) is 6.58. The number of nitrogens with zero attached hydrogens (tertiary/aromatic N) is 1. The van der Waals surface area contributed by atoms with E-state index in [1.165, 1.54) is 0 Å². The third-order valence-electron chi connectivity index (χ3n) is 3.40. The number of carbonyl (C=O) groups is 1. The van der Waals surface area contributed by atoms with Gasteiger partial charge in [0.05, 0.1) is 6.54 Å². The monoisotopic (exact) mass is 255 g/mol. The van der Waals surface area contributed by atoms with Crippen LogP contribution in [0.5, 0.6) is 0 Å². The van der Waals surface area contributed by atoms with Crippen LogP contribution in [0.4, 0.5) is 0 Å². The lowest BCUT2D eigenvalue weighted by Gasteiger charge is -2.35. The van der Waals surface area contributed by atoms with Crippen molar-refractivity contribution in [1.82, 2.24) is 15.5 Å². The summed E-state index contributed by atoms with van der Waals surface area (Å²) >= 11 is 0. The molecule has 0 aromatic rings. The van der Waals surface area contributed by atoms with Crippen LogP contribution in [0.2, 0.25) is 0 Å². The maximum Gasteiger partial charge on any atom is 0.234 e. The minimum atomic E-state index is -0.00164. The van der Waals surface area contributed by atoms with Crippen molar-refractivity contribution in [2.75, 3.05) is 19.6 Å². The lowest BCUT2D eigenvalue weighted by Crippen LogP contribution is -2.50. The molecule has 4 nitrogen and oxygen atoms in total. The van der Waals surface area contributed by atoms with Crippen molar-refractivity contribution in [2.45, 2.75) is 65.1 Å². The van der Waals surface area contributed by atoms with Gasteiger partial charge in [-0.3, -0.25) is 4.79 Å². The number of rotatable bonds is 4. The first-order valence-corrected chi connectivity index (χ1v) is 7.06. The summed E-state index contributed by atoms with van der Waals surface area (Å²) < 4.78 is 0. The van der Waals surface area contributed by atoms with Crippen molar-refractivity contribution in [1.29, 1.82) is 0 Å². The molecule has 2 N–H and O–H groups in total. The molecule has 0 aliphatic carbocycles. The van der Waals surface area contributed by atoms with E-state index in [2.05, 4.69) is 50.2 Å². The van der Waals surface area contributed by atoms with E-state index in [4.69, 9.17) is 0 Å². The van der Waals surface area contributed by atoms with E-state index in [-0.39, 0.29) is 11.4 Å². The largest absolute Gasteiger partial charge is 0.352 e. The van der Waals surface area contributed by atoms with Gasteiger partial charge in [-0.1, -0.05) is 0 Å². The van der Waals surface area contributed by atoms with E-state index in [0.29, 0.717) is 18.6 Å². The predicted molar refractivity (Wildman–Crippen MR) is 75.6 cm³/mol. The number of amides is 1. The zero-order valence-electron chi connectivity index (χ0n) is 12.5. The maximum atomic E-state index is 11.8. The fourth-order valence-corrected chi connectivity index (χ4v) is 2.18. The molecular weight excluding hydrogens is 226 g/mol. The smallest absolute Gasteiger partial charge is 0.234 e. The predicted octanol–water partition coefficient (Wildman–Crippen LogP) is 1.36. The van der Waals surface area contributed by atoms with Crippen LogP contribution in [-0.2, 0) is 4.79 Å². The van der Waals surface area contributed by atoms with Gasteiger partial charge in [0.1, 0.15) is 0 Å². The fraction of sp³-hybridized carbons (Fsp3) is 0.929. The summed E-state index contributed by atoms with van der Waals surface area (Å²) in [5.74, 6) is 0.118. The van der Waals surface area contributed by atoms with Crippen LogP contribution < -0.4 is 10.6 Å². The Hall–Kier alpha value is -0.610. The van der Waals surface area contributed by atoms with E-state index >= 15 is 0 Å². The Kier molecular flexibility index (Phi) is 5.60. The van der Waals surface area contributed by atoms with E-state index < -0.39 is 0 Å². The first-order valence-electron chi connectivity index (χ1n) is 7.06. The van der Waals surface area contributed by atoms with Gasteiger partial charge in [-0.2, -0.15) is 0 Å². The molecule has 1 heterocycles. The van der Waals surface area contributed by atoms with Crippen LogP contribution in [0, 0.1) is 0 Å². The lowest BCUT2D eigenvalue weighted by atomic mass is 10.0. The Morgan fingerprint density at radius 3 is 2.28 bits per heavy atom. The first-order chi connectivity index (χ1) is 8.28. The standard InChI is InChI=1S/C14H29N3O/c1-11(2)17-8-6-12(7-9-17)16-13(18)10-15-14(3,4)5/h11-12,15H,6-10H2,1-5H3,(H,16,18). The summed E-state index contributed by atoms with van der Waals surface area (Å²) in [6, 6.07) is 0.971. The number of piperidine rings is 1. The minimum absolute atomic E-state index is 0.00164. The zero-order chi connectivity index (χ0) is 13.8. The van der Waals surface area contributed by atoms with Gasteiger partial charge in [0.25, 0.3) is 0 Å². The number of hydrogen-bond donors (Lipinski definition) is 2. The fourth-order valence-electron chi connectivity index (χ4n) is 2.18. The van der Waals surface area contributed by atoms with Crippen molar-refractivity contribution in [3.05, 3.63) is 0 Å². The summed E-state index contributed by atoms with van der Waals surface area (Å²) in [5.41, 5.74) is -0.00164. The molecule has 4 heteroatoms. The Labute approximate surface area is 111 Å². The van der Waals surface area contributed by atoms with Crippen molar-refractivity contribution >= 4 is 5.91 Å². The third kappa shape index (κ3) is 5.83. The van der Waals surface area contributed by atoms with E-state index in [9.17, 15) is 4.79 Å². The first kappa shape index (κ1) is 15.4. The minimum Gasteiger partial charge on any atom is -0.352 e. The van der Waals surface area contributed by atoms with E-state index in [1.807, 2.05) is 0 Å². The van der Waals surface area contributed by atoms with Gasteiger partial charge in [-0.15, -0.1) is 0 Å². The number of nitrogens with one attached hydrogen (secondary N) is 2. The molecule has 1 rings (SSSR count). The summed E-state index contributed by atoms with van der Waals surface area (Å²) in [6.07, 6.45) is 2.14. The molecule has 18 heavy (non-hydrogen) atoms. The Morgan fingerprint density at radius 2 is 1.83 bits per heavy atom. The topological polar surface area (TPSA) is 44.4 Å². The average molecular weight is 255 g/mol. The molecule has 0 radical (unpaired) electrons. The number of carbonyl (C=O) groups excluding carboxylic acids is 1. The van der Waals surface area contributed by atoms with Gasteiger partial charge in [0.15, 0.2) is 0 Å². The van der Waals surface area contributed by atoms with Crippen molar-refractivity contribution in [3.63, 3.8) is 0 Å². The Morgan fingerprint density at radius 1 is 1.28 bits per heavy atom. The van der Waals surface area contributed by atoms with E-state index in [0.717, 1.165) is 25.9 Å². The summed E-state index contributed by atoms with van der Waals surface area (Å²) in [4.78, 5) is 14.3. The molecule has 1 aliphatic heterocycles. The molecule has 1 saturated heterocycles. The summed E-state index contributed by atoms with van der Waals surface area (Å²) in [7, 11) is 0. The van der Waals surface area contributed by atoms with Crippen LogP contribution in [-0.4, -0.2) is 48.1 Å². The second-order valence-corrected chi connectivity index (χ2v) is 6.58. The molecular formula is C14H29N3O. The molecule has 1 fully saturated rings. The van der Waals surface area contributed by atoms with Gasteiger partial charge in [0, 0.05) is 30.7 Å². The quantitative estimate of drug-likeness (QED) is 0.797. The van der Waals surface area contributed by atoms with Gasteiger partial charge < -0.3 is 15.5 Å². The van der Waals surface area contributed by atoms with Crippen LogP contribution in [0.3, 0.4) is 0 Å². The van der Waals surface area contributed by atoms with Gasteiger partial charge in [-0.25, -0.2) is 0 Å². The molecule has 0 spiro atoms. The second kappa shape index (κ2) is 6.53. The number of hydrogen-bond acceptors (Lipinski definition) is 3. The molecule has 0 aromatic carbocycles. The Balaban J connectivity index is 2.22. The molecule has 0 bridgehead atoms. The highest BCUT2D eigenvalue weighted by Gasteiger charge is 2.22. The van der Waals surface area contributed by atoms with Gasteiger partial charge in [0.2, 0.25) is 5.91 Å². The highest BCUT2D eigenvalue weighted by atomic mass is 16.2. The molecule has 1 amide bonds. The van der Waals surface area contributed by atoms with Crippen molar-refractivity contribution < 1.29 is 4.79 Å². The summed E-state index contributed by atoms with van der Waals surface area (Å²) in [5, 5.41) is 6.34.